The molecule has 6 nitrogen and oxygen atoms in total. The summed E-state index contributed by atoms with van der Waals surface area (Å²) in [6.07, 6.45) is 5.32. The van der Waals surface area contributed by atoms with Gasteiger partial charge in [-0.3, -0.25) is 4.79 Å². The van der Waals surface area contributed by atoms with Gasteiger partial charge in [0.25, 0.3) is 0 Å². The summed E-state index contributed by atoms with van der Waals surface area (Å²) in [5, 5.41) is 12.4. The van der Waals surface area contributed by atoms with Crippen LogP contribution in [-0.2, 0) is 11.2 Å². The molecule has 4 rings (SSSR count). The summed E-state index contributed by atoms with van der Waals surface area (Å²) in [6.45, 7) is -2.34. The SMILES string of the molecule is O=C(CSc1nnc(C2CC2)n1C1CC1)NCCc1ccc(OC(F)F)cc1. The van der Waals surface area contributed by atoms with Crippen molar-refractivity contribution in [2.24, 2.45) is 0 Å². The van der Waals surface area contributed by atoms with Crippen molar-refractivity contribution in [1.29, 1.82) is 0 Å². The zero-order chi connectivity index (χ0) is 19.5. The van der Waals surface area contributed by atoms with Crippen molar-refractivity contribution >= 4 is 17.7 Å². The number of nitrogens with one attached hydrogen (secondary N) is 1. The van der Waals surface area contributed by atoms with Gasteiger partial charge in [-0.25, -0.2) is 0 Å². The molecule has 1 N–H and O–H groups in total. The topological polar surface area (TPSA) is 69.0 Å². The van der Waals surface area contributed by atoms with Crippen LogP contribution in [0.1, 0.15) is 49.0 Å². The Bertz CT molecular complexity index is 820. The second-order valence-electron chi connectivity index (χ2n) is 7.13. The first-order chi connectivity index (χ1) is 13.6. The molecule has 2 fully saturated rings. The van der Waals surface area contributed by atoms with E-state index in [0.717, 1.165) is 16.5 Å². The highest BCUT2D eigenvalue weighted by Gasteiger charge is 2.36. The Balaban J connectivity index is 1.21. The molecule has 1 aromatic heterocycles. The average Bonchev–Trinajstić information content (AvgIpc) is 3.60. The predicted octanol–water partition coefficient (Wildman–Crippen LogP) is 3.54. The maximum atomic E-state index is 12.1. The second-order valence-corrected chi connectivity index (χ2v) is 8.07. The molecule has 9 heteroatoms. The van der Waals surface area contributed by atoms with Gasteiger partial charge in [-0.05, 0) is 49.8 Å². The second kappa shape index (κ2) is 8.46. The molecule has 28 heavy (non-hydrogen) atoms. The Kier molecular flexibility index (Phi) is 5.79. The minimum Gasteiger partial charge on any atom is -0.435 e. The van der Waals surface area contributed by atoms with Gasteiger partial charge in [0, 0.05) is 18.5 Å². The van der Waals surface area contributed by atoms with Gasteiger partial charge >= 0.3 is 6.61 Å². The van der Waals surface area contributed by atoms with Crippen molar-refractivity contribution in [3.63, 3.8) is 0 Å². The molecule has 0 atom stereocenters. The minimum absolute atomic E-state index is 0.0547. The third-order valence-electron chi connectivity index (χ3n) is 4.76. The highest BCUT2D eigenvalue weighted by atomic mass is 32.2. The highest BCUT2D eigenvalue weighted by Crippen LogP contribution is 2.45. The lowest BCUT2D eigenvalue weighted by Gasteiger charge is -2.09. The van der Waals surface area contributed by atoms with E-state index in [1.54, 1.807) is 12.1 Å². The third-order valence-corrected chi connectivity index (χ3v) is 5.71. The van der Waals surface area contributed by atoms with E-state index in [4.69, 9.17) is 0 Å². The summed E-state index contributed by atoms with van der Waals surface area (Å²) in [5.41, 5.74) is 0.942. The van der Waals surface area contributed by atoms with Crippen molar-refractivity contribution in [1.82, 2.24) is 20.1 Å². The molecule has 0 radical (unpaired) electrons. The largest absolute Gasteiger partial charge is 0.435 e. The first-order valence-corrected chi connectivity index (χ1v) is 10.5. The Hall–Kier alpha value is -2.16. The first-order valence-electron chi connectivity index (χ1n) is 9.48. The summed E-state index contributed by atoms with van der Waals surface area (Å²) < 4.78 is 30.8. The van der Waals surface area contributed by atoms with Crippen LogP contribution in [-0.4, -0.2) is 39.6 Å². The van der Waals surface area contributed by atoms with Gasteiger partial charge < -0.3 is 14.6 Å². The molecule has 0 unspecified atom stereocenters. The summed E-state index contributed by atoms with van der Waals surface area (Å²) in [4.78, 5) is 12.1. The molecule has 1 heterocycles. The fourth-order valence-electron chi connectivity index (χ4n) is 3.05. The Morgan fingerprint density at radius 1 is 1.21 bits per heavy atom. The average molecular weight is 408 g/mol. The van der Waals surface area contributed by atoms with E-state index < -0.39 is 6.61 Å². The summed E-state index contributed by atoms with van der Waals surface area (Å²) in [6, 6.07) is 6.95. The van der Waals surface area contributed by atoms with E-state index in [2.05, 4.69) is 24.8 Å². The highest BCUT2D eigenvalue weighted by molar-refractivity contribution is 7.99. The third kappa shape index (κ3) is 5.01. The lowest BCUT2D eigenvalue weighted by molar-refractivity contribution is -0.118. The van der Waals surface area contributed by atoms with E-state index >= 15 is 0 Å². The normalized spacial score (nSPS) is 16.4. The van der Waals surface area contributed by atoms with Crippen LogP contribution in [0.2, 0.25) is 0 Å². The fourth-order valence-corrected chi connectivity index (χ4v) is 3.89. The van der Waals surface area contributed by atoms with E-state index in [1.165, 1.54) is 49.6 Å². The number of hydrogen-bond acceptors (Lipinski definition) is 5. The molecule has 2 aromatic rings. The Morgan fingerprint density at radius 3 is 2.61 bits per heavy atom. The summed E-state index contributed by atoms with van der Waals surface area (Å²) in [5.74, 6) is 2.01. The Morgan fingerprint density at radius 2 is 1.96 bits per heavy atom. The number of benzene rings is 1. The van der Waals surface area contributed by atoms with Gasteiger partial charge in [0.05, 0.1) is 5.75 Å². The van der Waals surface area contributed by atoms with Crippen molar-refractivity contribution < 1.29 is 18.3 Å². The van der Waals surface area contributed by atoms with Crippen LogP contribution in [0.15, 0.2) is 29.4 Å². The van der Waals surface area contributed by atoms with Crippen molar-refractivity contribution in [3.05, 3.63) is 35.7 Å². The quantitative estimate of drug-likeness (QED) is 0.609. The number of ether oxygens (including phenoxy) is 1. The number of rotatable bonds is 10. The van der Waals surface area contributed by atoms with Crippen molar-refractivity contribution in [2.45, 2.75) is 55.8 Å². The van der Waals surface area contributed by atoms with Crippen LogP contribution in [0.4, 0.5) is 8.78 Å². The summed E-state index contributed by atoms with van der Waals surface area (Å²) in [7, 11) is 0. The number of carbonyl (C=O) groups excluding carboxylic acids is 1. The van der Waals surface area contributed by atoms with E-state index in [-0.39, 0.29) is 11.7 Å². The number of thioether (sulfide) groups is 1. The number of halogens is 2. The number of nitrogens with zero attached hydrogens (tertiary/aromatic N) is 3. The molecule has 1 amide bonds. The number of aromatic nitrogens is 3. The lowest BCUT2D eigenvalue weighted by atomic mass is 10.1. The van der Waals surface area contributed by atoms with Crippen molar-refractivity contribution in [3.8, 4) is 5.75 Å². The summed E-state index contributed by atoms with van der Waals surface area (Å²) >= 11 is 1.43. The minimum atomic E-state index is -2.83. The van der Waals surface area contributed by atoms with Crippen LogP contribution in [0.3, 0.4) is 0 Å². The maximum absolute atomic E-state index is 12.1. The van der Waals surface area contributed by atoms with Crippen LogP contribution in [0.5, 0.6) is 5.75 Å². The molecular formula is C19H22F2N4O2S. The number of alkyl halides is 2. The monoisotopic (exact) mass is 408 g/mol. The molecule has 0 spiro atoms. The first kappa shape index (κ1) is 19.2. The van der Waals surface area contributed by atoms with Gasteiger partial charge in [0.2, 0.25) is 5.91 Å². The van der Waals surface area contributed by atoms with Crippen LogP contribution >= 0.6 is 11.8 Å². The molecule has 1 aromatic carbocycles. The molecule has 150 valence electrons. The zero-order valence-corrected chi connectivity index (χ0v) is 16.1. The Labute approximate surface area is 166 Å². The number of amides is 1. The standard InChI is InChI=1S/C19H22F2N4O2S/c20-18(21)27-15-7-1-12(2-8-15)9-10-22-16(26)11-28-19-24-23-17(13-3-4-13)25(19)14-5-6-14/h1-2,7-8,13-14,18H,3-6,9-11H2,(H,22,26). The smallest absolute Gasteiger partial charge is 0.387 e. The molecule has 2 saturated carbocycles. The van der Waals surface area contributed by atoms with E-state index in [0.29, 0.717) is 30.7 Å². The lowest BCUT2D eigenvalue weighted by Crippen LogP contribution is -2.27. The fraction of sp³-hybridized carbons (Fsp3) is 0.526. The van der Waals surface area contributed by atoms with Gasteiger partial charge in [-0.2, -0.15) is 8.78 Å². The molecule has 2 aliphatic carbocycles. The molecule has 0 bridgehead atoms. The molecule has 0 saturated heterocycles. The van der Waals surface area contributed by atoms with Gasteiger partial charge in [-0.1, -0.05) is 23.9 Å². The maximum Gasteiger partial charge on any atom is 0.387 e. The zero-order valence-electron chi connectivity index (χ0n) is 15.3. The predicted molar refractivity (Wildman–Crippen MR) is 101 cm³/mol. The van der Waals surface area contributed by atoms with E-state index in [1.807, 2.05) is 0 Å². The molecule has 0 aliphatic heterocycles. The van der Waals surface area contributed by atoms with Gasteiger partial charge in [0.15, 0.2) is 5.16 Å². The van der Waals surface area contributed by atoms with Gasteiger partial charge in [-0.15, -0.1) is 10.2 Å². The number of hydrogen-bond donors (Lipinski definition) is 1. The van der Waals surface area contributed by atoms with E-state index in [9.17, 15) is 13.6 Å². The van der Waals surface area contributed by atoms with Crippen molar-refractivity contribution in [2.75, 3.05) is 12.3 Å². The van der Waals surface area contributed by atoms with Crippen LogP contribution < -0.4 is 10.1 Å². The van der Waals surface area contributed by atoms with Crippen LogP contribution in [0.25, 0.3) is 0 Å². The van der Waals surface area contributed by atoms with Crippen LogP contribution in [0, 0.1) is 0 Å². The van der Waals surface area contributed by atoms with Gasteiger partial charge in [0.1, 0.15) is 11.6 Å². The number of carbonyl (C=O) groups is 1. The molecule has 2 aliphatic rings. The molecular weight excluding hydrogens is 386 g/mol.